The number of carbonyl (C=O) groups is 2. The highest BCUT2D eigenvalue weighted by molar-refractivity contribution is 5.98. The number of anilines is 3. The molecule has 0 aliphatic carbocycles. The van der Waals surface area contributed by atoms with Crippen LogP contribution in [0.1, 0.15) is 17.3 Å². The van der Waals surface area contributed by atoms with Crippen LogP contribution >= 0.6 is 0 Å². The van der Waals surface area contributed by atoms with E-state index in [9.17, 15) is 19.7 Å². The van der Waals surface area contributed by atoms with E-state index in [1.54, 1.807) is 42.5 Å². The van der Waals surface area contributed by atoms with Crippen molar-refractivity contribution in [2.75, 3.05) is 24.9 Å². The van der Waals surface area contributed by atoms with E-state index in [-0.39, 0.29) is 16.9 Å². The molecular formula is C24H23N3O7. The van der Waals surface area contributed by atoms with Crippen LogP contribution in [0.25, 0.3) is 0 Å². The van der Waals surface area contributed by atoms with Crippen molar-refractivity contribution >= 4 is 34.6 Å². The van der Waals surface area contributed by atoms with Crippen molar-refractivity contribution in [1.82, 2.24) is 0 Å². The topological polar surface area (TPSA) is 129 Å². The monoisotopic (exact) mass is 465 g/mol. The number of amides is 1. The second kappa shape index (κ2) is 10.8. The van der Waals surface area contributed by atoms with Gasteiger partial charge in [0.1, 0.15) is 5.69 Å². The number of benzene rings is 3. The van der Waals surface area contributed by atoms with Crippen LogP contribution < -0.4 is 20.1 Å². The molecule has 1 unspecified atom stereocenters. The van der Waals surface area contributed by atoms with Gasteiger partial charge in [0.2, 0.25) is 0 Å². The average Bonchev–Trinajstić information content (AvgIpc) is 2.84. The fourth-order valence-corrected chi connectivity index (χ4v) is 3.03. The summed E-state index contributed by atoms with van der Waals surface area (Å²) in [4.78, 5) is 36.0. The standard InChI is InChI=1S/C24H23N3O7/c1-15(23(28)26-18-10-12-21(32-2)22(14-18)33-3)34-24(29)16-9-11-19(20(13-16)27(30)31)25-17-7-5-4-6-8-17/h4-15,25H,1-3H3,(H,26,28). The smallest absolute Gasteiger partial charge is 0.339 e. The number of para-hydroxylation sites is 1. The third-order valence-corrected chi connectivity index (χ3v) is 4.79. The normalized spacial score (nSPS) is 11.1. The SMILES string of the molecule is COc1ccc(NC(=O)C(C)OC(=O)c2ccc(Nc3ccccc3)c([N+](=O)[O-])c2)cc1OC. The zero-order valence-corrected chi connectivity index (χ0v) is 18.7. The molecule has 0 saturated carbocycles. The van der Waals surface area contributed by atoms with Crippen LogP contribution in [0.15, 0.2) is 66.7 Å². The average molecular weight is 465 g/mol. The molecule has 0 aliphatic rings. The third-order valence-electron chi connectivity index (χ3n) is 4.79. The summed E-state index contributed by atoms with van der Waals surface area (Å²) in [7, 11) is 2.96. The maximum absolute atomic E-state index is 12.6. The number of ether oxygens (including phenoxy) is 3. The molecule has 0 spiro atoms. The fraction of sp³-hybridized carbons (Fsp3) is 0.167. The first-order valence-electron chi connectivity index (χ1n) is 10.2. The molecule has 3 rings (SSSR count). The predicted molar refractivity (Wildman–Crippen MR) is 126 cm³/mol. The Morgan fingerprint density at radius 2 is 1.62 bits per heavy atom. The number of nitro benzene ring substituents is 1. The Kier molecular flexibility index (Phi) is 7.65. The van der Waals surface area contributed by atoms with Gasteiger partial charge >= 0.3 is 5.97 Å². The maximum atomic E-state index is 12.6. The van der Waals surface area contributed by atoms with E-state index >= 15 is 0 Å². The van der Waals surface area contributed by atoms with Crippen LogP contribution in [-0.4, -0.2) is 37.1 Å². The second-order valence-corrected chi connectivity index (χ2v) is 7.09. The summed E-state index contributed by atoms with van der Waals surface area (Å²) in [6.45, 7) is 1.40. The molecule has 0 radical (unpaired) electrons. The van der Waals surface area contributed by atoms with E-state index < -0.39 is 22.9 Å². The molecule has 3 aromatic rings. The summed E-state index contributed by atoms with van der Waals surface area (Å²) >= 11 is 0. The number of nitrogens with one attached hydrogen (secondary N) is 2. The van der Waals surface area contributed by atoms with Crippen molar-refractivity contribution in [2.24, 2.45) is 0 Å². The van der Waals surface area contributed by atoms with Crippen LogP contribution in [0.2, 0.25) is 0 Å². The number of esters is 1. The van der Waals surface area contributed by atoms with Crippen molar-refractivity contribution in [3.8, 4) is 11.5 Å². The van der Waals surface area contributed by atoms with Crippen molar-refractivity contribution in [2.45, 2.75) is 13.0 Å². The summed E-state index contributed by atoms with van der Waals surface area (Å²) in [5.74, 6) is -0.546. The van der Waals surface area contributed by atoms with Crippen LogP contribution in [0.5, 0.6) is 11.5 Å². The van der Waals surface area contributed by atoms with Crippen LogP contribution in [0.4, 0.5) is 22.7 Å². The van der Waals surface area contributed by atoms with E-state index in [0.29, 0.717) is 22.9 Å². The number of nitro groups is 1. The molecule has 0 aromatic heterocycles. The van der Waals surface area contributed by atoms with Gasteiger partial charge in [0, 0.05) is 23.5 Å². The van der Waals surface area contributed by atoms with Crippen molar-refractivity contribution in [3.05, 3.63) is 82.4 Å². The molecule has 0 saturated heterocycles. The highest BCUT2D eigenvalue weighted by Crippen LogP contribution is 2.30. The Balaban J connectivity index is 1.70. The minimum atomic E-state index is -1.17. The van der Waals surface area contributed by atoms with Gasteiger partial charge in [-0.15, -0.1) is 0 Å². The largest absolute Gasteiger partial charge is 0.493 e. The number of nitrogens with zero attached hydrogens (tertiary/aromatic N) is 1. The van der Waals surface area contributed by atoms with Crippen molar-refractivity contribution < 1.29 is 28.7 Å². The molecule has 1 amide bonds. The molecule has 10 nitrogen and oxygen atoms in total. The first-order chi connectivity index (χ1) is 16.3. The van der Waals surface area contributed by atoms with Gasteiger partial charge in [0.25, 0.3) is 11.6 Å². The van der Waals surface area contributed by atoms with Crippen LogP contribution in [0, 0.1) is 10.1 Å². The molecule has 10 heteroatoms. The summed E-state index contributed by atoms with van der Waals surface area (Å²) in [5, 5.41) is 17.1. The van der Waals surface area contributed by atoms with Gasteiger partial charge in [-0.25, -0.2) is 4.79 Å². The molecule has 3 aromatic carbocycles. The van der Waals surface area contributed by atoms with Gasteiger partial charge in [0.05, 0.1) is 24.7 Å². The van der Waals surface area contributed by atoms with Gasteiger partial charge in [0.15, 0.2) is 17.6 Å². The number of methoxy groups -OCH3 is 2. The lowest BCUT2D eigenvalue weighted by Crippen LogP contribution is -2.30. The van der Waals surface area contributed by atoms with Crippen molar-refractivity contribution in [1.29, 1.82) is 0 Å². The Morgan fingerprint density at radius 1 is 0.912 bits per heavy atom. The number of rotatable bonds is 9. The van der Waals surface area contributed by atoms with Gasteiger partial charge in [-0.1, -0.05) is 18.2 Å². The molecule has 0 fully saturated rings. The Labute approximate surface area is 195 Å². The highest BCUT2D eigenvalue weighted by Gasteiger charge is 2.23. The zero-order valence-electron chi connectivity index (χ0n) is 18.7. The van der Waals surface area contributed by atoms with Crippen molar-refractivity contribution in [3.63, 3.8) is 0 Å². The molecule has 34 heavy (non-hydrogen) atoms. The lowest BCUT2D eigenvalue weighted by molar-refractivity contribution is -0.383. The molecule has 0 heterocycles. The minimum absolute atomic E-state index is 0.0592. The summed E-state index contributed by atoms with van der Waals surface area (Å²) in [5.41, 5.74) is 0.919. The molecule has 176 valence electrons. The Bertz CT molecular complexity index is 1200. The van der Waals surface area contributed by atoms with Crippen LogP contribution in [0.3, 0.4) is 0 Å². The van der Waals surface area contributed by atoms with E-state index in [2.05, 4.69) is 10.6 Å². The summed E-state index contributed by atoms with van der Waals surface area (Å²) in [6.07, 6.45) is -1.17. The van der Waals surface area contributed by atoms with E-state index in [1.165, 1.54) is 33.3 Å². The quantitative estimate of drug-likeness (QED) is 0.268. The maximum Gasteiger partial charge on any atom is 0.339 e. The van der Waals surface area contributed by atoms with Gasteiger partial charge < -0.3 is 24.8 Å². The molecule has 2 N–H and O–H groups in total. The van der Waals surface area contributed by atoms with Crippen LogP contribution in [-0.2, 0) is 9.53 Å². The summed E-state index contributed by atoms with van der Waals surface area (Å²) in [6, 6.07) is 17.6. The lowest BCUT2D eigenvalue weighted by Gasteiger charge is -2.15. The fourth-order valence-electron chi connectivity index (χ4n) is 3.03. The summed E-state index contributed by atoms with van der Waals surface area (Å²) < 4.78 is 15.6. The third kappa shape index (κ3) is 5.80. The number of hydrogen-bond donors (Lipinski definition) is 2. The van der Waals surface area contributed by atoms with Gasteiger partial charge in [-0.2, -0.15) is 0 Å². The Hall–Kier alpha value is -4.60. The molecular weight excluding hydrogens is 442 g/mol. The van der Waals surface area contributed by atoms with E-state index in [4.69, 9.17) is 14.2 Å². The zero-order chi connectivity index (χ0) is 24.7. The van der Waals surface area contributed by atoms with E-state index in [1.807, 2.05) is 6.07 Å². The molecule has 0 bridgehead atoms. The molecule has 0 aliphatic heterocycles. The number of carbonyl (C=O) groups excluding carboxylic acids is 2. The Morgan fingerprint density at radius 3 is 2.26 bits per heavy atom. The predicted octanol–water partition coefficient (Wildman–Crippen LogP) is 4.54. The van der Waals surface area contributed by atoms with Gasteiger partial charge in [-0.05, 0) is 43.3 Å². The number of hydrogen-bond acceptors (Lipinski definition) is 8. The first-order valence-corrected chi connectivity index (χ1v) is 10.2. The first kappa shape index (κ1) is 24.1. The highest BCUT2D eigenvalue weighted by atomic mass is 16.6. The lowest BCUT2D eigenvalue weighted by atomic mass is 10.1. The van der Waals surface area contributed by atoms with Gasteiger partial charge in [-0.3, -0.25) is 14.9 Å². The minimum Gasteiger partial charge on any atom is -0.493 e. The molecule has 1 atom stereocenters. The van der Waals surface area contributed by atoms with E-state index in [0.717, 1.165) is 6.07 Å². The second-order valence-electron chi connectivity index (χ2n) is 7.09.